The van der Waals surface area contributed by atoms with Gasteiger partial charge in [-0.1, -0.05) is 48.6 Å². The van der Waals surface area contributed by atoms with Crippen molar-refractivity contribution >= 4 is 50.3 Å². The number of rotatable bonds is 6. The first-order valence-corrected chi connectivity index (χ1v) is 11.9. The predicted molar refractivity (Wildman–Crippen MR) is 135 cm³/mol. The predicted octanol–water partition coefficient (Wildman–Crippen LogP) is 4.95. The topological polar surface area (TPSA) is 133 Å². The summed E-state index contributed by atoms with van der Waals surface area (Å²) < 4.78 is 0.841. The first-order chi connectivity index (χ1) is 17.5. The molecule has 0 saturated carbocycles. The van der Waals surface area contributed by atoms with E-state index < -0.39 is 23.6 Å². The van der Waals surface area contributed by atoms with E-state index in [2.05, 4.69) is 15.5 Å². The Morgan fingerprint density at radius 1 is 1.06 bits per heavy atom. The number of carbonyl (C=O) groups is 3. The zero-order chi connectivity index (χ0) is 25.2. The van der Waals surface area contributed by atoms with E-state index in [-0.39, 0.29) is 11.3 Å². The Kier molecular flexibility index (Phi) is 6.10. The van der Waals surface area contributed by atoms with Gasteiger partial charge in [0.2, 0.25) is 11.7 Å². The molecule has 36 heavy (non-hydrogen) atoms. The Morgan fingerprint density at radius 2 is 1.81 bits per heavy atom. The molecule has 0 fully saturated rings. The third-order valence-corrected chi connectivity index (χ3v) is 7.11. The van der Waals surface area contributed by atoms with Crippen molar-refractivity contribution in [3.63, 3.8) is 0 Å². The van der Waals surface area contributed by atoms with E-state index >= 15 is 0 Å². The minimum Gasteiger partial charge on any atom is -0.478 e. The lowest BCUT2D eigenvalue weighted by Crippen LogP contribution is -2.29. The number of carbonyl (C=O) groups excluding carboxylic acids is 2. The number of nitrogens with one attached hydrogen (secondary N) is 1. The van der Waals surface area contributed by atoms with Gasteiger partial charge in [-0.05, 0) is 31.0 Å². The van der Waals surface area contributed by atoms with E-state index in [4.69, 9.17) is 0 Å². The number of nitriles is 1. The summed E-state index contributed by atoms with van der Waals surface area (Å²) >= 11 is 1.32. The van der Waals surface area contributed by atoms with Gasteiger partial charge in [0.1, 0.15) is 11.4 Å². The number of ketones is 1. The third kappa shape index (κ3) is 4.04. The molecule has 1 aliphatic carbocycles. The summed E-state index contributed by atoms with van der Waals surface area (Å²) in [6.07, 6.45) is 4.55. The second-order valence-electron chi connectivity index (χ2n) is 8.12. The standard InChI is InChI=1S/C27H18N4O4S/c28-14-19(26(33)29-15-8-2-1-3-9-15)24(32)23-21-22(30-31-23)18-12-6-7-13-20(18)36-25(21)16-10-4-5-11-17(16)27(34)35/h1-4,6-10,12-13,19H,5,11H2,(H,29,33)(H,34,35). The maximum atomic E-state index is 13.5. The number of Topliss-reactive ketones (excluding diaryl/α,β-unsaturated/α-hetero) is 1. The number of hydrogen-bond acceptors (Lipinski definition) is 7. The van der Waals surface area contributed by atoms with E-state index in [1.807, 2.05) is 30.3 Å². The van der Waals surface area contributed by atoms with E-state index in [9.17, 15) is 24.8 Å². The second kappa shape index (κ2) is 9.52. The summed E-state index contributed by atoms with van der Waals surface area (Å²) in [4.78, 5) is 38.9. The molecule has 2 heterocycles. The number of allylic oxidation sites excluding steroid dienone is 3. The van der Waals surface area contributed by atoms with Crippen molar-refractivity contribution in [1.29, 1.82) is 5.26 Å². The van der Waals surface area contributed by atoms with Crippen LogP contribution in [-0.4, -0.2) is 33.0 Å². The number of aliphatic carboxylic acids is 1. The fourth-order valence-corrected chi connectivity index (χ4v) is 5.44. The van der Waals surface area contributed by atoms with E-state index in [1.165, 1.54) is 11.3 Å². The molecule has 0 radical (unpaired) electrons. The second-order valence-corrected chi connectivity index (χ2v) is 9.17. The normalized spacial score (nSPS) is 14.0. The number of carboxylic acids is 1. The molecule has 1 amide bonds. The molecule has 0 aromatic heterocycles. The van der Waals surface area contributed by atoms with Crippen molar-refractivity contribution in [1.82, 2.24) is 10.2 Å². The van der Waals surface area contributed by atoms with Crippen LogP contribution in [0.1, 0.15) is 28.2 Å². The van der Waals surface area contributed by atoms with Crippen molar-refractivity contribution in [3.05, 3.63) is 82.9 Å². The lowest BCUT2D eigenvalue weighted by Gasteiger charge is -2.17. The van der Waals surface area contributed by atoms with Gasteiger partial charge in [0.25, 0.3) is 0 Å². The average Bonchev–Trinajstić information content (AvgIpc) is 3.35. The van der Waals surface area contributed by atoms with E-state index in [0.717, 1.165) is 10.1 Å². The number of aromatic nitrogens is 2. The number of amides is 1. The summed E-state index contributed by atoms with van der Waals surface area (Å²) in [5.41, 5.74) is 1.78. The molecule has 0 bridgehead atoms. The highest BCUT2D eigenvalue weighted by atomic mass is 32.1. The summed E-state index contributed by atoms with van der Waals surface area (Å²) in [6.45, 7) is 0. The van der Waals surface area contributed by atoms with Gasteiger partial charge in [0.05, 0.1) is 11.6 Å². The Bertz CT molecular complexity index is 1600. The minimum atomic E-state index is -1.66. The zero-order valence-electron chi connectivity index (χ0n) is 18.8. The largest absolute Gasteiger partial charge is 0.478 e. The van der Waals surface area contributed by atoms with Crippen molar-refractivity contribution in [3.8, 4) is 17.3 Å². The molecule has 2 aromatic carbocycles. The average molecular weight is 495 g/mol. The molecule has 1 unspecified atom stereocenters. The summed E-state index contributed by atoms with van der Waals surface area (Å²) in [7, 11) is 0. The molecular weight excluding hydrogens is 476 g/mol. The molecule has 2 N–H and O–H groups in total. The van der Waals surface area contributed by atoms with Crippen LogP contribution in [0.25, 0.3) is 26.9 Å². The molecule has 9 heteroatoms. The van der Waals surface area contributed by atoms with Gasteiger partial charge in [-0.3, -0.25) is 9.59 Å². The quantitative estimate of drug-likeness (QED) is 0.286. The number of benzene rings is 2. The first-order valence-electron chi connectivity index (χ1n) is 11.1. The number of para-hydroxylation sites is 1. The molecule has 2 aromatic rings. The van der Waals surface area contributed by atoms with Crippen LogP contribution in [-0.2, 0) is 9.59 Å². The SMILES string of the molecule is N#CC(C(=O)Nc1ccccc1)C(=O)c1nnc2c3ccccc3sc(C3=C(C(=O)O)CCC=C3)c1-2. The zero-order valence-corrected chi connectivity index (χ0v) is 19.6. The van der Waals surface area contributed by atoms with Gasteiger partial charge >= 0.3 is 5.97 Å². The lowest BCUT2D eigenvalue weighted by atomic mass is 9.91. The Hall–Kier alpha value is -4.68. The van der Waals surface area contributed by atoms with Gasteiger partial charge in [-0.15, -0.1) is 21.5 Å². The molecule has 0 spiro atoms. The minimum absolute atomic E-state index is 0.132. The molecule has 3 aliphatic rings. The van der Waals surface area contributed by atoms with Gasteiger partial charge < -0.3 is 10.4 Å². The van der Waals surface area contributed by atoms with Gasteiger partial charge in [-0.2, -0.15) is 5.26 Å². The van der Waals surface area contributed by atoms with Crippen LogP contribution in [0, 0.1) is 17.2 Å². The summed E-state index contributed by atoms with van der Waals surface area (Å²) in [5, 5.41) is 31.3. The van der Waals surface area contributed by atoms with E-state index in [1.54, 1.807) is 42.5 Å². The molecule has 176 valence electrons. The van der Waals surface area contributed by atoms with Crippen LogP contribution in [0.2, 0.25) is 0 Å². The maximum Gasteiger partial charge on any atom is 0.332 e. The van der Waals surface area contributed by atoms with Crippen molar-refractivity contribution in [2.45, 2.75) is 12.8 Å². The molecule has 5 rings (SSSR count). The maximum absolute atomic E-state index is 13.5. The molecule has 2 aliphatic heterocycles. The highest BCUT2D eigenvalue weighted by Gasteiger charge is 2.35. The van der Waals surface area contributed by atoms with Crippen LogP contribution in [0.15, 0.2) is 72.3 Å². The van der Waals surface area contributed by atoms with Crippen LogP contribution in [0.3, 0.4) is 0 Å². The first kappa shape index (κ1) is 23.1. The van der Waals surface area contributed by atoms with Gasteiger partial charge in [-0.25, -0.2) is 4.79 Å². The van der Waals surface area contributed by atoms with Gasteiger partial charge in [0.15, 0.2) is 5.92 Å². The fraction of sp³-hybridized carbons (Fsp3) is 0.111. The molecular formula is C27H18N4O4S. The lowest BCUT2D eigenvalue weighted by molar-refractivity contribution is -0.132. The Labute approximate surface area is 209 Å². The molecule has 0 saturated heterocycles. The van der Waals surface area contributed by atoms with Crippen LogP contribution >= 0.6 is 11.3 Å². The highest BCUT2D eigenvalue weighted by molar-refractivity contribution is 7.20. The number of fused-ring (bicyclic) bond motifs is 3. The third-order valence-electron chi connectivity index (χ3n) is 5.91. The molecule has 8 nitrogen and oxygen atoms in total. The van der Waals surface area contributed by atoms with Crippen molar-refractivity contribution < 1.29 is 19.5 Å². The van der Waals surface area contributed by atoms with Crippen molar-refractivity contribution in [2.24, 2.45) is 5.92 Å². The Morgan fingerprint density at radius 3 is 2.56 bits per heavy atom. The number of nitrogens with zero attached hydrogens (tertiary/aromatic N) is 3. The molecule has 1 atom stereocenters. The van der Waals surface area contributed by atoms with Crippen LogP contribution < -0.4 is 5.32 Å². The fourth-order valence-electron chi connectivity index (χ4n) is 4.20. The van der Waals surface area contributed by atoms with Gasteiger partial charge in [0, 0.05) is 31.8 Å². The number of anilines is 1. The smallest absolute Gasteiger partial charge is 0.332 e. The van der Waals surface area contributed by atoms with E-state index in [0.29, 0.717) is 40.2 Å². The Balaban J connectivity index is 1.67. The summed E-state index contributed by atoms with van der Waals surface area (Å²) in [5.74, 6) is -4.28. The highest BCUT2D eigenvalue weighted by Crippen LogP contribution is 2.44. The van der Waals surface area contributed by atoms with Crippen LogP contribution in [0.5, 0.6) is 0 Å². The number of carboxylic acid groups (broad SMARTS) is 1. The van der Waals surface area contributed by atoms with Crippen LogP contribution in [0.4, 0.5) is 5.69 Å². The number of hydrogen-bond donors (Lipinski definition) is 2. The van der Waals surface area contributed by atoms with Crippen molar-refractivity contribution in [2.75, 3.05) is 5.32 Å². The monoisotopic (exact) mass is 494 g/mol. The summed E-state index contributed by atoms with van der Waals surface area (Å²) in [6, 6.07) is 17.7.